The summed E-state index contributed by atoms with van der Waals surface area (Å²) in [4.78, 5) is 15.2. The Kier molecular flexibility index (Phi) is 3.26. The van der Waals surface area contributed by atoms with Crippen LogP contribution < -0.4 is 0 Å². The first kappa shape index (κ1) is 11.2. The lowest BCUT2D eigenvalue weighted by atomic mass is 10.3. The number of hydrogen-bond acceptors (Lipinski definition) is 4. The largest absolute Gasteiger partial charge is 0.475 e. The Morgan fingerprint density at radius 1 is 1.38 bits per heavy atom. The molecule has 0 unspecified atom stereocenters. The standard InChI is InChI=1S/C11H16N2O3/c1-12-4-6-13(7-5-12)8-9-2-3-10(16-9)11(14)15/h2-3H,4-8H2,1H3,(H,14,15). The summed E-state index contributed by atoms with van der Waals surface area (Å²) < 4.78 is 5.22. The van der Waals surface area contributed by atoms with E-state index in [4.69, 9.17) is 9.52 Å². The van der Waals surface area contributed by atoms with Gasteiger partial charge in [-0.3, -0.25) is 4.90 Å². The van der Waals surface area contributed by atoms with Crippen molar-refractivity contribution in [1.82, 2.24) is 9.80 Å². The van der Waals surface area contributed by atoms with Gasteiger partial charge in [0.1, 0.15) is 5.76 Å². The van der Waals surface area contributed by atoms with Crippen molar-refractivity contribution >= 4 is 5.97 Å². The number of hydrogen-bond donors (Lipinski definition) is 1. The molecule has 1 N–H and O–H groups in total. The van der Waals surface area contributed by atoms with E-state index in [1.807, 2.05) is 0 Å². The maximum absolute atomic E-state index is 10.6. The van der Waals surface area contributed by atoms with Crippen molar-refractivity contribution in [3.8, 4) is 0 Å². The Balaban J connectivity index is 1.91. The summed E-state index contributed by atoms with van der Waals surface area (Å²) >= 11 is 0. The Bertz CT molecular complexity index is 367. The molecule has 0 bridgehead atoms. The van der Waals surface area contributed by atoms with E-state index in [9.17, 15) is 4.79 Å². The van der Waals surface area contributed by atoms with Crippen molar-refractivity contribution in [1.29, 1.82) is 0 Å². The van der Waals surface area contributed by atoms with Crippen molar-refractivity contribution in [3.05, 3.63) is 23.7 Å². The fraction of sp³-hybridized carbons (Fsp3) is 0.545. The van der Waals surface area contributed by atoms with E-state index in [0.717, 1.165) is 31.9 Å². The van der Waals surface area contributed by atoms with Crippen LogP contribution in [0.15, 0.2) is 16.5 Å². The summed E-state index contributed by atoms with van der Waals surface area (Å²) in [5.74, 6) is -0.268. The second-order valence-electron chi connectivity index (χ2n) is 4.15. The second-order valence-corrected chi connectivity index (χ2v) is 4.15. The molecular formula is C11H16N2O3. The average Bonchev–Trinajstić information content (AvgIpc) is 2.70. The summed E-state index contributed by atoms with van der Waals surface area (Å²) in [6, 6.07) is 3.25. The molecular weight excluding hydrogens is 208 g/mol. The predicted molar refractivity (Wildman–Crippen MR) is 58.4 cm³/mol. The van der Waals surface area contributed by atoms with Gasteiger partial charge in [-0.05, 0) is 19.2 Å². The van der Waals surface area contributed by atoms with Gasteiger partial charge in [-0.25, -0.2) is 4.79 Å². The molecule has 1 aliphatic rings. The van der Waals surface area contributed by atoms with Crippen molar-refractivity contribution < 1.29 is 14.3 Å². The highest BCUT2D eigenvalue weighted by molar-refractivity contribution is 5.84. The zero-order valence-corrected chi connectivity index (χ0v) is 9.35. The van der Waals surface area contributed by atoms with E-state index in [1.165, 1.54) is 6.07 Å². The first-order chi connectivity index (χ1) is 7.65. The number of piperazine rings is 1. The Morgan fingerprint density at radius 3 is 2.62 bits per heavy atom. The van der Waals surface area contributed by atoms with Gasteiger partial charge in [0.05, 0.1) is 6.54 Å². The minimum Gasteiger partial charge on any atom is -0.475 e. The topological polar surface area (TPSA) is 56.9 Å². The number of likely N-dealkylation sites (N-methyl/N-ethyl adjacent to an activating group) is 1. The Labute approximate surface area is 94.2 Å². The monoisotopic (exact) mass is 224 g/mol. The van der Waals surface area contributed by atoms with E-state index in [0.29, 0.717) is 6.54 Å². The molecule has 0 spiro atoms. The van der Waals surface area contributed by atoms with Gasteiger partial charge in [-0.1, -0.05) is 0 Å². The lowest BCUT2D eigenvalue weighted by Crippen LogP contribution is -2.43. The quantitative estimate of drug-likeness (QED) is 0.820. The maximum atomic E-state index is 10.6. The SMILES string of the molecule is CN1CCN(Cc2ccc(C(=O)O)o2)CC1. The van der Waals surface area contributed by atoms with Crippen LogP contribution in [0.3, 0.4) is 0 Å². The van der Waals surface area contributed by atoms with Crippen molar-refractivity contribution in [3.63, 3.8) is 0 Å². The molecule has 1 aliphatic heterocycles. The van der Waals surface area contributed by atoms with Crippen LogP contribution in [-0.2, 0) is 6.54 Å². The molecule has 1 fully saturated rings. The molecule has 1 aromatic heterocycles. The van der Waals surface area contributed by atoms with Gasteiger partial charge < -0.3 is 14.4 Å². The van der Waals surface area contributed by atoms with Crippen LogP contribution in [0.4, 0.5) is 0 Å². The van der Waals surface area contributed by atoms with E-state index >= 15 is 0 Å². The average molecular weight is 224 g/mol. The number of carbonyl (C=O) groups is 1. The van der Waals surface area contributed by atoms with Crippen LogP contribution in [0.2, 0.25) is 0 Å². The fourth-order valence-corrected chi connectivity index (χ4v) is 1.80. The number of carboxylic acid groups (broad SMARTS) is 1. The number of nitrogens with zero attached hydrogens (tertiary/aromatic N) is 2. The molecule has 1 aromatic rings. The summed E-state index contributed by atoms with van der Waals surface area (Å²) in [6.45, 7) is 4.79. The number of aromatic carboxylic acids is 1. The zero-order valence-electron chi connectivity index (χ0n) is 9.35. The van der Waals surface area contributed by atoms with Crippen molar-refractivity contribution in [2.24, 2.45) is 0 Å². The van der Waals surface area contributed by atoms with E-state index in [-0.39, 0.29) is 5.76 Å². The molecule has 5 heteroatoms. The van der Waals surface area contributed by atoms with Gasteiger partial charge in [0, 0.05) is 26.2 Å². The Morgan fingerprint density at radius 2 is 2.06 bits per heavy atom. The van der Waals surface area contributed by atoms with Crippen molar-refractivity contribution in [2.75, 3.05) is 33.2 Å². The van der Waals surface area contributed by atoms with Crippen LogP contribution in [-0.4, -0.2) is 54.1 Å². The van der Waals surface area contributed by atoms with E-state index in [2.05, 4.69) is 16.8 Å². The van der Waals surface area contributed by atoms with Gasteiger partial charge in [-0.2, -0.15) is 0 Å². The summed E-state index contributed by atoms with van der Waals surface area (Å²) in [7, 11) is 2.10. The van der Waals surface area contributed by atoms with Crippen molar-refractivity contribution in [2.45, 2.75) is 6.54 Å². The minimum atomic E-state index is -1.01. The summed E-state index contributed by atoms with van der Waals surface area (Å²) in [6.07, 6.45) is 0. The number of carboxylic acids is 1. The van der Waals surface area contributed by atoms with Gasteiger partial charge in [0.2, 0.25) is 5.76 Å². The molecule has 16 heavy (non-hydrogen) atoms. The lowest BCUT2D eigenvalue weighted by molar-refractivity contribution is 0.0656. The third-order valence-corrected chi connectivity index (χ3v) is 2.85. The molecule has 0 amide bonds. The van der Waals surface area contributed by atoms with Crippen LogP contribution >= 0.6 is 0 Å². The smallest absolute Gasteiger partial charge is 0.371 e. The van der Waals surface area contributed by atoms with Crippen LogP contribution in [0.5, 0.6) is 0 Å². The molecule has 2 heterocycles. The molecule has 0 atom stereocenters. The lowest BCUT2D eigenvalue weighted by Gasteiger charge is -2.31. The molecule has 5 nitrogen and oxygen atoms in total. The summed E-state index contributed by atoms with van der Waals surface area (Å²) in [5.41, 5.74) is 0. The normalized spacial score (nSPS) is 18.8. The number of furan rings is 1. The highest BCUT2D eigenvalue weighted by Gasteiger charge is 2.16. The third kappa shape index (κ3) is 2.62. The number of rotatable bonds is 3. The van der Waals surface area contributed by atoms with Gasteiger partial charge in [-0.15, -0.1) is 0 Å². The van der Waals surface area contributed by atoms with Crippen LogP contribution in [0, 0.1) is 0 Å². The minimum absolute atomic E-state index is 0.0177. The van der Waals surface area contributed by atoms with E-state index in [1.54, 1.807) is 6.07 Å². The maximum Gasteiger partial charge on any atom is 0.371 e. The van der Waals surface area contributed by atoms with Gasteiger partial charge in [0.25, 0.3) is 0 Å². The summed E-state index contributed by atoms with van der Waals surface area (Å²) in [5, 5.41) is 8.72. The molecule has 0 aromatic carbocycles. The van der Waals surface area contributed by atoms with E-state index < -0.39 is 5.97 Å². The Hall–Kier alpha value is -1.33. The first-order valence-corrected chi connectivity index (χ1v) is 5.38. The first-order valence-electron chi connectivity index (χ1n) is 5.38. The third-order valence-electron chi connectivity index (χ3n) is 2.85. The molecule has 1 saturated heterocycles. The molecule has 2 rings (SSSR count). The van der Waals surface area contributed by atoms with Crippen LogP contribution in [0.25, 0.3) is 0 Å². The van der Waals surface area contributed by atoms with Crippen LogP contribution in [0.1, 0.15) is 16.3 Å². The van der Waals surface area contributed by atoms with Gasteiger partial charge >= 0.3 is 5.97 Å². The molecule has 0 aliphatic carbocycles. The predicted octanol–water partition coefficient (Wildman–Crippen LogP) is 0.725. The zero-order chi connectivity index (χ0) is 11.5. The molecule has 0 saturated carbocycles. The highest BCUT2D eigenvalue weighted by Crippen LogP contribution is 2.11. The van der Waals surface area contributed by atoms with Gasteiger partial charge in [0.15, 0.2) is 0 Å². The fourth-order valence-electron chi connectivity index (χ4n) is 1.80. The second kappa shape index (κ2) is 4.67. The molecule has 88 valence electrons. The highest BCUT2D eigenvalue weighted by atomic mass is 16.4. The molecule has 0 radical (unpaired) electrons.